The van der Waals surface area contributed by atoms with Crippen LogP contribution in [-0.2, 0) is 4.79 Å². The predicted molar refractivity (Wildman–Crippen MR) is 69.5 cm³/mol. The SMILES string of the molecule is CCC[C@@H](NC(=O)N(CCC)CC1CC1)C(=O)O. The van der Waals surface area contributed by atoms with Crippen molar-refractivity contribution >= 4 is 12.0 Å². The van der Waals surface area contributed by atoms with Crippen molar-refractivity contribution in [1.82, 2.24) is 10.2 Å². The number of nitrogens with one attached hydrogen (secondary N) is 1. The van der Waals surface area contributed by atoms with E-state index in [4.69, 9.17) is 5.11 Å². The molecule has 0 heterocycles. The number of carbonyl (C=O) groups excluding carboxylic acids is 1. The van der Waals surface area contributed by atoms with Crippen LogP contribution < -0.4 is 5.32 Å². The molecule has 0 unspecified atom stereocenters. The lowest BCUT2D eigenvalue weighted by Crippen LogP contribution is -2.48. The minimum atomic E-state index is -0.951. The molecule has 1 rings (SSSR count). The number of hydrogen-bond donors (Lipinski definition) is 2. The predicted octanol–water partition coefficient (Wildman–Crippen LogP) is 2.07. The molecule has 0 aromatic heterocycles. The Morgan fingerprint density at radius 3 is 2.44 bits per heavy atom. The molecule has 2 N–H and O–H groups in total. The summed E-state index contributed by atoms with van der Waals surface area (Å²) in [5, 5.41) is 11.6. The number of rotatable bonds is 8. The number of amides is 2. The average Bonchev–Trinajstić information content (AvgIpc) is 3.11. The van der Waals surface area contributed by atoms with Gasteiger partial charge in [-0.3, -0.25) is 0 Å². The maximum atomic E-state index is 12.0. The first-order chi connectivity index (χ1) is 8.58. The molecule has 5 heteroatoms. The Morgan fingerprint density at radius 1 is 1.33 bits per heavy atom. The molecule has 1 aliphatic carbocycles. The quantitative estimate of drug-likeness (QED) is 0.698. The van der Waals surface area contributed by atoms with E-state index in [1.54, 1.807) is 4.90 Å². The second-order valence-corrected chi connectivity index (χ2v) is 5.02. The Kier molecular flexibility index (Phi) is 5.95. The summed E-state index contributed by atoms with van der Waals surface area (Å²) in [5.41, 5.74) is 0. The zero-order valence-corrected chi connectivity index (χ0v) is 11.3. The van der Waals surface area contributed by atoms with E-state index in [1.807, 2.05) is 13.8 Å². The van der Waals surface area contributed by atoms with Crippen LogP contribution in [-0.4, -0.2) is 41.1 Å². The second-order valence-electron chi connectivity index (χ2n) is 5.02. The van der Waals surface area contributed by atoms with Gasteiger partial charge in [0.15, 0.2) is 0 Å². The smallest absolute Gasteiger partial charge is 0.326 e. The van der Waals surface area contributed by atoms with E-state index < -0.39 is 12.0 Å². The van der Waals surface area contributed by atoms with Crippen molar-refractivity contribution in [2.45, 2.75) is 52.0 Å². The summed E-state index contributed by atoms with van der Waals surface area (Å²) < 4.78 is 0. The van der Waals surface area contributed by atoms with Gasteiger partial charge in [-0.15, -0.1) is 0 Å². The van der Waals surface area contributed by atoms with Crippen LogP contribution in [0.3, 0.4) is 0 Å². The standard InChI is InChI=1S/C13H24N2O3/c1-3-5-11(12(16)17)14-13(18)15(8-4-2)9-10-6-7-10/h10-11H,3-9H2,1-2H3,(H,14,18)(H,16,17)/t11-/m1/s1. The van der Waals surface area contributed by atoms with Gasteiger partial charge in [-0.25, -0.2) is 9.59 Å². The van der Waals surface area contributed by atoms with Gasteiger partial charge in [-0.1, -0.05) is 20.3 Å². The maximum Gasteiger partial charge on any atom is 0.326 e. The highest BCUT2D eigenvalue weighted by atomic mass is 16.4. The molecule has 104 valence electrons. The molecule has 0 aromatic carbocycles. The van der Waals surface area contributed by atoms with Crippen LogP contribution in [0.15, 0.2) is 0 Å². The average molecular weight is 256 g/mol. The van der Waals surface area contributed by atoms with E-state index in [1.165, 1.54) is 12.8 Å². The summed E-state index contributed by atoms with van der Waals surface area (Å²) >= 11 is 0. The van der Waals surface area contributed by atoms with E-state index in [-0.39, 0.29) is 6.03 Å². The number of aliphatic carboxylic acids is 1. The van der Waals surface area contributed by atoms with Gasteiger partial charge in [-0.05, 0) is 31.6 Å². The zero-order chi connectivity index (χ0) is 13.5. The molecule has 0 aliphatic heterocycles. The molecule has 0 aromatic rings. The molecule has 5 nitrogen and oxygen atoms in total. The normalized spacial score (nSPS) is 16.1. The third-order valence-corrected chi connectivity index (χ3v) is 3.13. The van der Waals surface area contributed by atoms with Gasteiger partial charge in [0, 0.05) is 13.1 Å². The number of hydrogen-bond acceptors (Lipinski definition) is 2. The molecule has 0 saturated heterocycles. The van der Waals surface area contributed by atoms with E-state index in [0.29, 0.717) is 18.9 Å². The minimum absolute atomic E-state index is 0.232. The van der Waals surface area contributed by atoms with Crippen molar-refractivity contribution in [3.05, 3.63) is 0 Å². The van der Waals surface area contributed by atoms with Gasteiger partial charge in [0.05, 0.1) is 0 Å². The number of carboxylic acids is 1. The zero-order valence-electron chi connectivity index (χ0n) is 11.3. The molecule has 1 fully saturated rings. The number of carbonyl (C=O) groups is 2. The first-order valence-corrected chi connectivity index (χ1v) is 6.86. The Bertz CT molecular complexity index is 290. The Morgan fingerprint density at radius 2 is 2.00 bits per heavy atom. The van der Waals surface area contributed by atoms with Crippen LogP contribution in [0.5, 0.6) is 0 Å². The van der Waals surface area contributed by atoms with Crippen LogP contribution in [0.2, 0.25) is 0 Å². The highest BCUT2D eigenvalue weighted by Crippen LogP contribution is 2.29. The molecular weight excluding hydrogens is 232 g/mol. The van der Waals surface area contributed by atoms with Gasteiger partial charge < -0.3 is 15.3 Å². The van der Waals surface area contributed by atoms with Gasteiger partial charge in [0.1, 0.15) is 6.04 Å². The summed E-state index contributed by atoms with van der Waals surface area (Å²) in [5.74, 6) is -0.329. The molecule has 1 saturated carbocycles. The van der Waals surface area contributed by atoms with Crippen LogP contribution in [0.25, 0.3) is 0 Å². The van der Waals surface area contributed by atoms with Crippen LogP contribution in [0.4, 0.5) is 4.79 Å². The van der Waals surface area contributed by atoms with Crippen molar-refractivity contribution in [3.63, 3.8) is 0 Å². The molecule has 0 bridgehead atoms. The summed E-state index contributed by atoms with van der Waals surface area (Å²) in [4.78, 5) is 24.8. The van der Waals surface area contributed by atoms with E-state index in [9.17, 15) is 9.59 Å². The van der Waals surface area contributed by atoms with Crippen molar-refractivity contribution in [1.29, 1.82) is 0 Å². The van der Waals surface area contributed by atoms with Crippen molar-refractivity contribution in [2.75, 3.05) is 13.1 Å². The van der Waals surface area contributed by atoms with Crippen molar-refractivity contribution < 1.29 is 14.7 Å². The lowest BCUT2D eigenvalue weighted by molar-refractivity contribution is -0.139. The van der Waals surface area contributed by atoms with Crippen molar-refractivity contribution in [3.8, 4) is 0 Å². The second kappa shape index (κ2) is 7.24. The lowest BCUT2D eigenvalue weighted by Gasteiger charge is -2.24. The molecule has 1 aliphatic rings. The van der Waals surface area contributed by atoms with E-state index in [2.05, 4.69) is 5.32 Å². The Balaban J connectivity index is 2.49. The molecule has 1 atom stereocenters. The molecule has 0 spiro atoms. The largest absolute Gasteiger partial charge is 0.480 e. The monoisotopic (exact) mass is 256 g/mol. The third kappa shape index (κ3) is 4.94. The fourth-order valence-electron chi connectivity index (χ4n) is 1.94. The van der Waals surface area contributed by atoms with Crippen molar-refractivity contribution in [2.24, 2.45) is 5.92 Å². The minimum Gasteiger partial charge on any atom is -0.480 e. The summed E-state index contributed by atoms with van der Waals surface area (Å²) in [6, 6.07) is -0.995. The molecule has 0 radical (unpaired) electrons. The first kappa shape index (κ1) is 14.8. The highest BCUT2D eigenvalue weighted by Gasteiger charge is 2.28. The summed E-state index contributed by atoms with van der Waals surface area (Å²) in [6.45, 7) is 5.39. The molecule has 2 amide bonds. The number of urea groups is 1. The summed E-state index contributed by atoms with van der Waals surface area (Å²) in [6.07, 6.45) is 4.49. The van der Waals surface area contributed by atoms with Crippen LogP contribution >= 0.6 is 0 Å². The van der Waals surface area contributed by atoms with E-state index in [0.717, 1.165) is 19.4 Å². The first-order valence-electron chi connectivity index (χ1n) is 6.86. The van der Waals surface area contributed by atoms with Crippen LogP contribution in [0, 0.1) is 5.92 Å². The third-order valence-electron chi connectivity index (χ3n) is 3.13. The Hall–Kier alpha value is -1.26. The topological polar surface area (TPSA) is 69.6 Å². The van der Waals surface area contributed by atoms with Gasteiger partial charge in [0.2, 0.25) is 0 Å². The maximum absolute atomic E-state index is 12.0. The molecule has 18 heavy (non-hydrogen) atoms. The number of carboxylic acid groups (broad SMARTS) is 1. The van der Waals surface area contributed by atoms with Crippen LogP contribution in [0.1, 0.15) is 46.0 Å². The van der Waals surface area contributed by atoms with Gasteiger partial charge >= 0.3 is 12.0 Å². The van der Waals surface area contributed by atoms with Gasteiger partial charge in [0.25, 0.3) is 0 Å². The molecular formula is C13H24N2O3. The van der Waals surface area contributed by atoms with E-state index >= 15 is 0 Å². The fraction of sp³-hybridized carbons (Fsp3) is 0.846. The van der Waals surface area contributed by atoms with Gasteiger partial charge in [-0.2, -0.15) is 0 Å². The lowest BCUT2D eigenvalue weighted by atomic mass is 10.2. The summed E-state index contributed by atoms with van der Waals surface area (Å²) in [7, 11) is 0. The highest BCUT2D eigenvalue weighted by molar-refractivity contribution is 5.82. The fourth-order valence-corrected chi connectivity index (χ4v) is 1.94. The Labute approximate surface area is 109 Å². The number of nitrogens with zero attached hydrogens (tertiary/aromatic N) is 1.